The third kappa shape index (κ3) is 5.46. The van der Waals surface area contributed by atoms with Crippen molar-refractivity contribution in [2.24, 2.45) is 0 Å². The van der Waals surface area contributed by atoms with Crippen LogP contribution in [0.15, 0.2) is 71.6 Å². The number of rotatable bonds is 7. The summed E-state index contributed by atoms with van der Waals surface area (Å²) in [6.45, 7) is 5.83. The average molecular weight is 457 g/mol. The van der Waals surface area contributed by atoms with Gasteiger partial charge in [-0.15, -0.1) is 0 Å². The van der Waals surface area contributed by atoms with Crippen LogP contribution in [-0.4, -0.2) is 14.3 Å². The van der Waals surface area contributed by atoms with E-state index in [0.717, 1.165) is 16.7 Å². The van der Waals surface area contributed by atoms with Crippen molar-refractivity contribution in [1.29, 1.82) is 0 Å². The molecule has 0 aliphatic rings. The summed E-state index contributed by atoms with van der Waals surface area (Å²) >= 11 is 6.19. The van der Waals surface area contributed by atoms with Gasteiger partial charge < -0.3 is 5.32 Å². The number of halogens is 1. The van der Waals surface area contributed by atoms with Crippen LogP contribution in [0.25, 0.3) is 0 Å². The van der Waals surface area contributed by atoms with Crippen molar-refractivity contribution < 1.29 is 13.2 Å². The fourth-order valence-electron chi connectivity index (χ4n) is 3.21. The van der Waals surface area contributed by atoms with E-state index in [9.17, 15) is 13.2 Å². The predicted molar refractivity (Wildman–Crippen MR) is 125 cm³/mol. The minimum absolute atomic E-state index is 0.0444. The summed E-state index contributed by atoms with van der Waals surface area (Å²) in [6, 6.07) is 19.0. The number of hydrogen-bond donors (Lipinski definition) is 2. The second-order valence-corrected chi connectivity index (χ2v) is 9.45. The molecule has 3 aromatic carbocycles. The highest BCUT2D eigenvalue weighted by molar-refractivity contribution is 7.92. The molecule has 1 atom stereocenters. The van der Waals surface area contributed by atoms with Gasteiger partial charge in [0.05, 0.1) is 11.1 Å². The van der Waals surface area contributed by atoms with Gasteiger partial charge in [0.2, 0.25) is 0 Å². The molecule has 7 heteroatoms. The highest BCUT2D eigenvalue weighted by atomic mass is 35.5. The lowest BCUT2D eigenvalue weighted by molar-refractivity contribution is 0.0935. The lowest BCUT2D eigenvalue weighted by Crippen LogP contribution is -2.28. The quantitative estimate of drug-likeness (QED) is 0.483. The molecule has 1 unspecified atom stereocenters. The van der Waals surface area contributed by atoms with E-state index < -0.39 is 10.0 Å². The summed E-state index contributed by atoms with van der Waals surface area (Å²) in [5.41, 5.74) is 3.66. The van der Waals surface area contributed by atoms with E-state index in [1.807, 2.05) is 57.2 Å². The Labute approximate surface area is 188 Å². The first kappa shape index (κ1) is 22.8. The smallest absolute Gasteiger partial charge is 0.263 e. The number of aryl methyl sites for hydroxylation is 2. The highest BCUT2D eigenvalue weighted by Gasteiger charge is 2.22. The van der Waals surface area contributed by atoms with Crippen LogP contribution in [0.2, 0.25) is 5.02 Å². The van der Waals surface area contributed by atoms with Crippen molar-refractivity contribution in [2.45, 2.75) is 38.1 Å². The molecule has 3 rings (SSSR count). The molecule has 0 spiro atoms. The maximum Gasteiger partial charge on any atom is 0.263 e. The van der Waals surface area contributed by atoms with E-state index in [1.54, 1.807) is 12.1 Å². The Bertz CT molecular complexity index is 1190. The Morgan fingerprint density at radius 3 is 2.32 bits per heavy atom. The van der Waals surface area contributed by atoms with Crippen molar-refractivity contribution in [1.82, 2.24) is 5.32 Å². The van der Waals surface area contributed by atoms with Crippen LogP contribution >= 0.6 is 11.6 Å². The van der Waals surface area contributed by atoms with Crippen LogP contribution in [0, 0.1) is 13.8 Å². The number of amides is 1. The Morgan fingerprint density at radius 1 is 0.968 bits per heavy atom. The van der Waals surface area contributed by atoms with E-state index in [0.29, 0.717) is 12.1 Å². The Morgan fingerprint density at radius 2 is 1.68 bits per heavy atom. The number of benzene rings is 3. The zero-order chi connectivity index (χ0) is 22.6. The van der Waals surface area contributed by atoms with Gasteiger partial charge in [-0.1, -0.05) is 54.9 Å². The van der Waals surface area contributed by atoms with Gasteiger partial charge in [0.25, 0.3) is 15.9 Å². The monoisotopic (exact) mass is 456 g/mol. The molecule has 0 saturated heterocycles. The van der Waals surface area contributed by atoms with Crippen molar-refractivity contribution in [3.63, 3.8) is 0 Å². The topological polar surface area (TPSA) is 75.3 Å². The van der Waals surface area contributed by atoms with Crippen molar-refractivity contribution in [3.8, 4) is 0 Å². The molecule has 0 saturated carbocycles. The number of carbonyl (C=O) groups excluding carboxylic acids is 1. The van der Waals surface area contributed by atoms with Gasteiger partial charge in [-0.2, -0.15) is 0 Å². The lowest BCUT2D eigenvalue weighted by Gasteiger charge is -2.18. The Hall–Kier alpha value is -2.83. The number of sulfonamides is 1. The van der Waals surface area contributed by atoms with E-state index in [2.05, 4.69) is 10.0 Å². The van der Waals surface area contributed by atoms with Crippen LogP contribution in [0.3, 0.4) is 0 Å². The third-order valence-electron chi connectivity index (χ3n) is 5.16. The normalized spacial score (nSPS) is 12.3. The summed E-state index contributed by atoms with van der Waals surface area (Å²) in [5, 5.41) is 3.01. The molecule has 1 amide bonds. The molecule has 3 aromatic rings. The van der Waals surface area contributed by atoms with Crippen molar-refractivity contribution in [3.05, 3.63) is 94.0 Å². The van der Waals surface area contributed by atoms with Gasteiger partial charge in [0.15, 0.2) is 0 Å². The van der Waals surface area contributed by atoms with Crippen molar-refractivity contribution >= 4 is 33.2 Å². The summed E-state index contributed by atoms with van der Waals surface area (Å²) < 4.78 is 28.5. The highest BCUT2D eigenvalue weighted by Crippen LogP contribution is 2.26. The molecule has 0 aromatic heterocycles. The van der Waals surface area contributed by atoms with Crippen LogP contribution in [-0.2, 0) is 10.0 Å². The second kappa shape index (κ2) is 9.54. The van der Waals surface area contributed by atoms with Gasteiger partial charge >= 0.3 is 0 Å². The second-order valence-electron chi connectivity index (χ2n) is 7.39. The zero-order valence-corrected chi connectivity index (χ0v) is 19.2. The maximum absolute atomic E-state index is 13.0. The minimum atomic E-state index is -3.98. The molecule has 162 valence electrons. The molecule has 0 aliphatic carbocycles. The summed E-state index contributed by atoms with van der Waals surface area (Å²) in [5.74, 6) is -0.366. The maximum atomic E-state index is 13.0. The largest absolute Gasteiger partial charge is 0.345 e. The first-order chi connectivity index (χ1) is 14.7. The van der Waals surface area contributed by atoms with E-state index in [1.165, 1.54) is 18.2 Å². The first-order valence-corrected chi connectivity index (χ1v) is 11.8. The van der Waals surface area contributed by atoms with Crippen LogP contribution in [0.4, 0.5) is 5.69 Å². The summed E-state index contributed by atoms with van der Waals surface area (Å²) in [6.07, 6.45) is 0.697. The molecule has 0 fully saturated rings. The van der Waals surface area contributed by atoms with Gasteiger partial charge in [0, 0.05) is 11.3 Å². The van der Waals surface area contributed by atoms with Crippen LogP contribution < -0.4 is 10.0 Å². The molecule has 0 aliphatic heterocycles. The van der Waals surface area contributed by atoms with Crippen LogP contribution in [0.5, 0.6) is 0 Å². The van der Waals surface area contributed by atoms with E-state index >= 15 is 0 Å². The molecule has 31 heavy (non-hydrogen) atoms. The van der Waals surface area contributed by atoms with E-state index in [-0.39, 0.29) is 27.4 Å². The number of hydrogen-bond acceptors (Lipinski definition) is 3. The predicted octanol–water partition coefficient (Wildman–Crippen LogP) is 5.64. The molecule has 0 heterocycles. The standard InChI is InChI=1S/C24H25ClN2O3S/c1-4-22(18-8-6-5-7-9-18)26-24(28)19-11-13-21(25)23(15-19)31(29,30)27-20-12-10-16(2)17(3)14-20/h5-15,22,27H,4H2,1-3H3,(H,26,28). The molecular weight excluding hydrogens is 432 g/mol. The molecule has 2 N–H and O–H groups in total. The fraction of sp³-hybridized carbons (Fsp3) is 0.208. The number of anilines is 1. The Balaban J connectivity index is 1.86. The summed E-state index contributed by atoms with van der Waals surface area (Å²) in [4.78, 5) is 12.7. The number of carbonyl (C=O) groups is 1. The van der Waals surface area contributed by atoms with Gasteiger partial charge in [0.1, 0.15) is 4.90 Å². The SMILES string of the molecule is CCC(NC(=O)c1ccc(Cl)c(S(=O)(=O)Nc2ccc(C)c(C)c2)c1)c1ccccc1. The minimum Gasteiger partial charge on any atom is -0.345 e. The van der Waals surface area contributed by atoms with Crippen molar-refractivity contribution in [2.75, 3.05) is 4.72 Å². The number of nitrogens with one attached hydrogen (secondary N) is 2. The molecule has 0 radical (unpaired) electrons. The molecule has 0 bridgehead atoms. The Kier molecular flexibility index (Phi) is 7.03. The van der Waals surface area contributed by atoms with E-state index in [4.69, 9.17) is 11.6 Å². The average Bonchev–Trinajstić information content (AvgIpc) is 2.75. The fourth-order valence-corrected chi connectivity index (χ4v) is 4.79. The van der Waals surface area contributed by atoms with Gasteiger partial charge in [-0.25, -0.2) is 8.42 Å². The van der Waals surface area contributed by atoms with Gasteiger partial charge in [-0.3, -0.25) is 9.52 Å². The summed E-state index contributed by atoms with van der Waals surface area (Å²) in [7, 11) is -3.98. The molecule has 5 nitrogen and oxygen atoms in total. The van der Waals surface area contributed by atoms with Crippen LogP contribution in [0.1, 0.15) is 46.4 Å². The zero-order valence-electron chi connectivity index (χ0n) is 17.6. The van der Waals surface area contributed by atoms with Gasteiger partial charge in [-0.05, 0) is 67.3 Å². The lowest BCUT2D eigenvalue weighted by atomic mass is 10.0. The third-order valence-corrected chi connectivity index (χ3v) is 7.02. The molecular formula is C24H25ClN2O3S. The first-order valence-electron chi connectivity index (χ1n) is 9.96.